The zero-order chi connectivity index (χ0) is 10.6. The zero-order valence-electron chi connectivity index (χ0n) is 9.18. The van der Waals surface area contributed by atoms with Crippen LogP contribution in [0.2, 0.25) is 0 Å². The average Bonchev–Trinajstić information content (AvgIpc) is 2.10. The van der Waals surface area contributed by atoms with Crippen molar-refractivity contribution in [2.75, 3.05) is 20.6 Å². The SMILES string of the molecule is Cc1ccc(CCCN(C)C)cc1I. The van der Waals surface area contributed by atoms with Crippen LogP contribution in [0.1, 0.15) is 17.5 Å². The van der Waals surface area contributed by atoms with Gasteiger partial charge < -0.3 is 4.90 Å². The van der Waals surface area contributed by atoms with Gasteiger partial charge in [0.1, 0.15) is 0 Å². The highest BCUT2D eigenvalue weighted by Gasteiger charge is 1.98. The molecule has 0 saturated heterocycles. The van der Waals surface area contributed by atoms with Gasteiger partial charge in [0.15, 0.2) is 0 Å². The number of benzene rings is 1. The van der Waals surface area contributed by atoms with Crippen molar-refractivity contribution in [3.05, 3.63) is 32.9 Å². The summed E-state index contributed by atoms with van der Waals surface area (Å²) in [6, 6.07) is 6.76. The Balaban J connectivity index is 2.47. The molecule has 0 aromatic heterocycles. The molecule has 0 saturated carbocycles. The van der Waals surface area contributed by atoms with E-state index in [1.165, 1.54) is 34.1 Å². The lowest BCUT2D eigenvalue weighted by molar-refractivity contribution is 0.400. The Bertz CT molecular complexity index is 294. The van der Waals surface area contributed by atoms with E-state index in [2.05, 4.69) is 66.7 Å². The largest absolute Gasteiger partial charge is 0.309 e. The Morgan fingerprint density at radius 2 is 2.00 bits per heavy atom. The molecule has 1 nitrogen and oxygen atoms in total. The van der Waals surface area contributed by atoms with Crippen LogP contribution >= 0.6 is 22.6 Å². The van der Waals surface area contributed by atoms with E-state index < -0.39 is 0 Å². The molecule has 0 N–H and O–H groups in total. The van der Waals surface area contributed by atoms with Crippen molar-refractivity contribution in [1.29, 1.82) is 0 Å². The number of hydrogen-bond donors (Lipinski definition) is 0. The van der Waals surface area contributed by atoms with Crippen LogP contribution in [0.25, 0.3) is 0 Å². The Labute approximate surface area is 101 Å². The van der Waals surface area contributed by atoms with Crippen LogP contribution in [-0.4, -0.2) is 25.5 Å². The molecule has 0 aliphatic heterocycles. The third-order valence-corrected chi connectivity index (χ3v) is 3.47. The standard InChI is InChI=1S/C12H18IN/c1-10-6-7-11(9-12(10)13)5-4-8-14(2)3/h6-7,9H,4-5,8H2,1-3H3. The van der Waals surface area contributed by atoms with E-state index in [-0.39, 0.29) is 0 Å². The van der Waals surface area contributed by atoms with E-state index in [0.717, 1.165) is 0 Å². The van der Waals surface area contributed by atoms with Crippen LogP contribution in [0.15, 0.2) is 18.2 Å². The maximum Gasteiger partial charge on any atom is 0.0162 e. The first-order valence-corrected chi connectivity index (χ1v) is 6.07. The van der Waals surface area contributed by atoms with Gasteiger partial charge in [0.25, 0.3) is 0 Å². The summed E-state index contributed by atoms with van der Waals surface area (Å²) in [5, 5.41) is 0. The van der Waals surface area contributed by atoms with Crippen molar-refractivity contribution >= 4 is 22.6 Å². The first-order chi connectivity index (χ1) is 6.59. The van der Waals surface area contributed by atoms with Gasteiger partial charge in [-0.2, -0.15) is 0 Å². The lowest BCUT2D eigenvalue weighted by Gasteiger charge is -2.09. The summed E-state index contributed by atoms with van der Waals surface area (Å²) in [6.07, 6.45) is 2.43. The molecule has 0 radical (unpaired) electrons. The molecule has 1 aromatic carbocycles. The smallest absolute Gasteiger partial charge is 0.0162 e. The van der Waals surface area contributed by atoms with Gasteiger partial charge in [-0.25, -0.2) is 0 Å². The summed E-state index contributed by atoms with van der Waals surface area (Å²) in [6.45, 7) is 3.33. The molecule has 0 bridgehead atoms. The molecule has 0 aliphatic rings. The highest BCUT2D eigenvalue weighted by molar-refractivity contribution is 14.1. The molecule has 0 heterocycles. The molecule has 78 valence electrons. The van der Waals surface area contributed by atoms with Gasteiger partial charge in [0.05, 0.1) is 0 Å². The van der Waals surface area contributed by atoms with E-state index >= 15 is 0 Å². The summed E-state index contributed by atoms with van der Waals surface area (Å²) in [5.41, 5.74) is 2.84. The van der Waals surface area contributed by atoms with E-state index in [4.69, 9.17) is 0 Å². The number of hydrogen-bond acceptors (Lipinski definition) is 1. The summed E-state index contributed by atoms with van der Waals surface area (Å²) < 4.78 is 1.38. The molecule has 1 aromatic rings. The molecule has 0 atom stereocenters. The van der Waals surface area contributed by atoms with Crippen molar-refractivity contribution in [2.24, 2.45) is 0 Å². The quantitative estimate of drug-likeness (QED) is 0.773. The summed E-state index contributed by atoms with van der Waals surface area (Å²) >= 11 is 2.40. The maximum atomic E-state index is 2.40. The maximum absolute atomic E-state index is 2.40. The van der Waals surface area contributed by atoms with Crippen molar-refractivity contribution in [1.82, 2.24) is 4.90 Å². The van der Waals surface area contributed by atoms with E-state index in [9.17, 15) is 0 Å². The minimum absolute atomic E-state index is 1.17. The second kappa shape index (κ2) is 5.71. The van der Waals surface area contributed by atoms with Gasteiger partial charge >= 0.3 is 0 Å². The van der Waals surface area contributed by atoms with Crippen LogP contribution in [0.5, 0.6) is 0 Å². The molecule has 2 heteroatoms. The third kappa shape index (κ3) is 3.96. The van der Waals surface area contributed by atoms with Crippen LogP contribution in [-0.2, 0) is 6.42 Å². The topological polar surface area (TPSA) is 3.24 Å². The van der Waals surface area contributed by atoms with Gasteiger partial charge in [-0.1, -0.05) is 12.1 Å². The van der Waals surface area contributed by atoms with Crippen LogP contribution < -0.4 is 0 Å². The monoisotopic (exact) mass is 303 g/mol. The first kappa shape index (κ1) is 12.0. The molecule has 14 heavy (non-hydrogen) atoms. The van der Waals surface area contributed by atoms with Gasteiger partial charge in [-0.05, 0) is 80.2 Å². The van der Waals surface area contributed by atoms with E-state index in [1.54, 1.807) is 0 Å². The van der Waals surface area contributed by atoms with Crippen LogP contribution in [0, 0.1) is 10.5 Å². The lowest BCUT2D eigenvalue weighted by atomic mass is 10.1. The van der Waals surface area contributed by atoms with Crippen LogP contribution in [0.3, 0.4) is 0 Å². The minimum Gasteiger partial charge on any atom is -0.309 e. The molecular formula is C12H18IN. The normalized spacial score (nSPS) is 10.9. The molecule has 0 aliphatic carbocycles. The Kier molecular flexibility index (Phi) is 4.89. The van der Waals surface area contributed by atoms with Crippen molar-refractivity contribution in [3.63, 3.8) is 0 Å². The first-order valence-electron chi connectivity index (χ1n) is 4.99. The van der Waals surface area contributed by atoms with Gasteiger partial charge in [0, 0.05) is 3.57 Å². The van der Waals surface area contributed by atoms with Crippen molar-refractivity contribution < 1.29 is 0 Å². The molecule has 1 rings (SSSR count). The van der Waals surface area contributed by atoms with Gasteiger partial charge in [-0.15, -0.1) is 0 Å². The fraction of sp³-hybridized carbons (Fsp3) is 0.500. The Morgan fingerprint density at radius 1 is 1.29 bits per heavy atom. The fourth-order valence-electron chi connectivity index (χ4n) is 1.39. The predicted molar refractivity (Wildman–Crippen MR) is 70.8 cm³/mol. The van der Waals surface area contributed by atoms with E-state index in [0.29, 0.717) is 0 Å². The summed E-state index contributed by atoms with van der Waals surface area (Å²) in [4.78, 5) is 2.24. The number of rotatable bonds is 4. The van der Waals surface area contributed by atoms with Crippen LogP contribution in [0.4, 0.5) is 0 Å². The molecular weight excluding hydrogens is 285 g/mol. The predicted octanol–water partition coefficient (Wildman–Crippen LogP) is 3.09. The summed E-state index contributed by atoms with van der Waals surface area (Å²) in [7, 11) is 4.25. The highest BCUT2D eigenvalue weighted by atomic mass is 127. The Morgan fingerprint density at radius 3 is 2.57 bits per heavy atom. The number of halogens is 1. The lowest BCUT2D eigenvalue weighted by Crippen LogP contribution is -2.13. The summed E-state index contributed by atoms with van der Waals surface area (Å²) in [5.74, 6) is 0. The average molecular weight is 303 g/mol. The second-order valence-electron chi connectivity index (χ2n) is 3.99. The van der Waals surface area contributed by atoms with Gasteiger partial charge in [0.2, 0.25) is 0 Å². The third-order valence-electron chi connectivity index (χ3n) is 2.31. The molecule has 0 unspecified atom stereocenters. The molecule has 0 spiro atoms. The second-order valence-corrected chi connectivity index (χ2v) is 5.15. The molecule has 0 fully saturated rings. The van der Waals surface area contributed by atoms with Crippen molar-refractivity contribution in [3.8, 4) is 0 Å². The fourth-order valence-corrected chi connectivity index (χ4v) is 1.97. The number of nitrogens with zero attached hydrogens (tertiary/aromatic N) is 1. The van der Waals surface area contributed by atoms with Crippen molar-refractivity contribution in [2.45, 2.75) is 19.8 Å². The highest BCUT2D eigenvalue weighted by Crippen LogP contribution is 2.14. The number of aryl methyl sites for hydroxylation is 2. The minimum atomic E-state index is 1.17. The van der Waals surface area contributed by atoms with E-state index in [1.807, 2.05) is 0 Å². The molecule has 0 amide bonds. The van der Waals surface area contributed by atoms with Gasteiger partial charge in [-0.3, -0.25) is 0 Å². The zero-order valence-corrected chi connectivity index (χ0v) is 11.3. The Hall–Kier alpha value is -0.0900.